The maximum Gasteiger partial charge on any atom is 0.321 e. The number of halogens is 1. The van der Waals surface area contributed by atoms with Crippen molar-refractivity contribution in [1.29, 1.82) is 0 Å². The molecule has 3 rings (SSSR count). The summed E-state index contributed by atoms with van der Waals surface area (Å²) in [7, 11) is 0. The normalized spacial score (nSPS) is 11.5. The van der Waals surface area contributed by atoms with E-state index in [9.17, 15) is 14.0 Å². The molecule has 1 atom stereocenters. The fourth-order valence-corrected chi connectivity index (χ4v) is 4.24. The number of thioether (sulfide) groups is 1. The molecule has 0 aliphatic rings. The van der Waals surface area contributed by atoms with Gasteiger partial charge in [-0.1, -0.05) is 65.6 Å². The largest absolute Gasteiger partial charge is 0.356 e. The molecule has 30 heavy (non-hydrogen) atoms. The zero-order valence-corrected chi connectivity index (χ0v) is 17.7. The number of hydrogen-bond donors (Lipinski definition) is 3. The highest BCUT2D eigenvalue weighted by atomic mass is 32.2. The van der Waals surface area contributed by atoms with Crippen molar-refractivity contribution in [2.75, 3.05) is 5.32 Å². The van der Waals surface area contributed by atoms with Gasteiger partial charge in [0, 0.05) is 13.1 Å². The minimum atomic E-state index is -0.546. The van der Waals surface area contributed by atoms with Crippen LogP contribution in [0.2, 0.25) is 0 Å². The van der Waals surface area contributed by atoms with Gasteiger partial charge in [0.2, 0.25) is 11.0 Å². The smallest absolute Gasteiger partial charge is 0.321 e. The van der Waals surface area contributed by atoms with Crippen molar-refractivity contribution >= 4 is 40.2 Å². The highest BCUT2D eigenvalue weighted by Gasteiger charge is 2.19. The summed E-state index contributed by atoms with van der Waals surface area (Å²) in [6, 6.07) is 15.0. The number of carbonyl (C=O) groups excluding carboxylic acids is 2. The summed E-state index contributed by atoms with van der Waals surface area (Å²) in [5, 5.41) is 16.2. The van der Waals surface area contributed by atoms with E-state index in [1.165, 1.54) is 35.2 Å². The summed E-state index contributed by atoms with van der Waals surface area (Å²) in [6.07, 6.45) is 0. The summed E-state index contributed by atoms with van der Waals surface area (Å²) in [5.41, 5.74) is 1.85. The second kappa shape index (κ2) is 10.7. The summed E-state index contributed by atoms with van der Waals surface area (Å²) < 4.78 is 13.5. The third-order valence-corrected chi connectivity index (χ3v) is 6.01. The van der Waals surface area contributed by atoms with Gasteiger partial charge in [0.15, 0.2) is 4.34 Å². The second-order valence-electron chi connectivity index (χ2n) is 6.27. The standard InChI is InChI=1S/C20H20FN5O2S2/c1-13(17(27)24-18(28)22-11-14-5-3-2-4-6-14)29-20-26-25-19(30-20)23-12-15-7-9-16(21)10-8-15/h2-10,13H,11-12H2,1H3,(H,23,25)(H2,22,24,27,28). The molecule has 3 aromatic rings. The lowest BCUT2D eigenvalue weighted by atomic mass is 10.2. The molecule has 1 unspecified atom stereocenters. The van der Waals surface area contributed by atoms with Crippen LogP contribution < -0.4 is 16.0 Å². The third kappa shape index (κ3) is 6.82. The van der Waals surface area contributed by atoms with Crippen LogP contribution in [0.5, 0.6) is 0 Å². The van der Waals surface area contributed by atoms with E-state index in [-0.39, 0.29) is 5.82 Å². The van der Waals surface area contributed by atoms with Gasteiger partial charge in [0.25, 0.3) is 0 Å². The third-order valence-electron chi connectivity index (χ3n) is 3.94. The Labute approximate surface area is 181 Å². The van der Waals surface area contributed by atoms with E-state index in [1.807, 2.05) is 30.3 Å². The lowest BCUT2D eigenvalue weighted by molar-refractivity contribution is -0.119. The molecule has 3 amide bonds. The molecule has 156 valence electrons. The van der Waals surface area contributed by atoms with Gasteiger partial charge in [-0.3, -0.25) is 10.1 Å². The van der Waals surface area contributed by atoms with Gasteiger partial charge < -0.3 is 10.6 Å². The van der Waals surface area contributed by atoms with Crippen molar-refractivity contribution in [1.82, 2.24) is 20.8 Å². The van der Waals surface area contributed by atoms with Crippen molar-refractivity contribution in [3.05, 3.63) is 71.5 Å². The monoisotopic (exact) mass is 445 g/mol. The van der Waals surface area contributed by atoms with E-state index in [0.717, 1.165) is 11.1 Å². The van der Waals surface area contributed by atoms with E-state index in [2.05, 4.69) is 26.1 Å². The molecule has 1 heterocycles. The molecule has 0 saturated carbocycles. The minimum absolute atomic E-state index is 0.283. The van der Waals surface area contributed by atoms with E-state index >= 15 is 0 Å². The molecular formula is C20H20FN5O2S2. The lowest BCUT2D eigenvalue weighted by Crippen LogP contribution is -2.42. The summed E-state index contributed by atoms with van der Waals surface area (Å²) >= 11 is 2.52. The number of anilines is 1. The average molecular weight is 446 g/mol. The van der Waals surface area contributed by atoms with Crippen LogP contribution in [0, 0.1) is 5.82 Å². The number of carbonyl (C=O) groups is 2. The minimum Gasteiger partial charge on any atom is -0.356 e. The SMILES string of the molecule is CC(Sc1nnc(NCc2ccc(F)cc2)s1)C(=O)NC(=O)NCc1ccccc1. The first-order valence-corrected chi connectivity index (χ1v) is 10.8. The van der Waals surface area contributed by atoms with Gasteiger partial charge in [-0.05, 0) is 30.2 Å². The summed E-state index contributed by atoms with van der Waals surface area (Å²) in [6.45, 7) is 2.51. The van der Waals surface area contributed by atoms with Crippen molar-refractivity contribution < 1.29 is 14.0 Å². The molecule has 10 heteroatoms. The number of nitrogens with one attached hydrogen (secondary N) is 3. The Hall–Kier alpha value is -2.98. The number of amides is 3. The molecule has 1 aromatic heterocycles. The molecule has 0 saturated heterocycles. The maximum absolute atomic E-state index is 12.9. The maximum atomic E-state index is 12.9. The average Bonchev–Trinajstić information content (AvgIpc) is 3.20. The van der Waals surface area contributed by atoms with Crippen LogP contribution in [0.4, 0.5) is 14.3 Å². The lowest BCUT2D eigenvalue weighted by Gasteiger charge is -2.10. The first kappa shape index (κ1) is 21.7. The van der Waals surface area contributed by atoms with Gasteiger partial charge in [0.05, 0.1) is 5.25 Å². The Bertz CT molecular complexity index is 982. The van der Waals surface area contributed by atoms with Gasteiger partial charge in [-0.25, -0.2) is 9.18 Å². The second-order valence-corrected chi connectivity index (χ2v) is 8.84. The number of rotatable bonds is 8. The molecule has 0 radical (unpaired) electrons. The Morgan fingerprint density at radius 2 is 1.73 bits per heavy atom. The van der Waals surface area contributed by atoms with Crippen LogP contribution in [-0.2, 0) is 17.9 Å². The Balaban J connectivity index is 1.42. The van der Waals surface area contributed by atoms with E-state index in [4.69, 9.17) is 0 Å². The zero-order chi connectivity index (χ0) is 21.3. The molecule has 3 N–H and O–H groups in total. The molecule has 0 aliphatic carbocycles. The molecule has 0 aliphatic heterocycles. The first-order valence-electron chi connectivity index (χ1n) is 9.10. The number of benzene rings is 2. The van der Waals surface area contributed by atoms with Crippen LogP contribution in [0.15, 0.2) is 58.9 Å². The molecular weight excluding hydrogens is 425 g/mol. The Morgan fingerprint density at radius 3 is 2.47 bits per heavy atom. The van der Waals surface area contributed by atoms with Crippen molar-refractivity contribution in [3.8, 4) is 0 Å². The van der Waals surface area contributed by atoms with Gasteiger partial charge in [0.1, 0.15) is 5.82 Å². The highest BCUT2D eigenvalue weighted by molar-refractivity contribution is 8.02. The predicted molar refractivity (Wildman–Crippen MR) is 116 cm³/mol. The fraction of sp³-hybridized carbons (Fsp3) is 0.200. The topological polar surface area (TPSA) is 96.0 Å². The molecule has 0 spiro atoms. The quantitative estimate of drug-likeness (QED) is 0.457. The van der Waals surface area contributed by atoms with Crippen molar-refractivity contribution in [3.63, 3.8) is 0 Å². The zero-order valence-electron chi connectivity index (χ0n) is 16.1. The van der Waals surface area contributed by atoms with Crippen molar-refractivity contribution in [2.24, 2.45) is 0 Å². The highest BCUT2D eigenvalue weighted by Crippen LogP contribution is 2.29. The van der Waals surface area contributed by atoms with Crippen LogP contribution in [0.3, 0.4) is 0 Å². The number of nitrogens with zero attached hydrogens (tertiary/aromatic N) is 2. The molecule has 0 bridgehead atoms. The van der Waals surface area contributed by atoms with Crippen LogP contribution in [-0.4, -0.2) is 27.4 Å². The number of hydrogen-bond acceptors (Lipinski definition) is 7. The Kier molecular flexibility index (Phi) is 7.75. The number of aromatic nitrogens is 2. The summed E-state index contributed by atoms with van der Waals surface area (Å²) in [5.74, 6) is -0.698. The van der Waals surface area contributed by atoms with Crippen LogP contribution in [0.25, 0.3) is 0 Å². The molecule has 7 nitrogen and oxygen atoms in total. The summed E-state index contributed by atoms with van der Waals surface area (Å²) in [4.78, 5) is 24.1. The molecule has 0 fully saturated rings. The molecule has 2 aromatic carbocycles. The predicted octanol–water partition coefficient (Wildman–Crippen LogP) is 3.80. The van der Waals surface area contributed by atoms with E-state index in [1.54, 1.807) is 19.1 Å². The fourth-order valence-electron chi connectivity index (χ4n) is 2.35. The van der Waals surface area contributed by atoms with E-state index < -0.39 is 17.2 Å². The number of urea groups is 1. The van der Waals surface area contributed by atoms with Gasteiger partial charge in [-0.15, -0.1) is 10.2 Å². The van der Waals surface area contributed by atoms with Crippen molar-refractivity contribution in [2.45, 2.75) is 29.6 Å². The first-order chi connectivity index (χ1) is 14.5. The van der Waals surface area contributed by atoms with Gasteiger partial charge in [-0.2, -0.15) is 0 Å². The van der Waals surface area contributed by atoms with Gasteiger partial charge >= 0.3 is 6.03 Å². The van der Waals surface area contributed by atoms with Crippen LogP contribution >= 0.6 is 23.1 Å². The Morgan fingerprint density at radius 1 is 1.03 bits per heavy atom. The van der Waals surface area contributed by atoms with E-state index in [0.29, 0.717) is 22.6 Å². The van der Waals surface area contributed by atoms with Crippen LogP contribution in [0.1, 0.15) is 18.1 Å². The number of imide groups is 1.